The van der Waals surface area contributed by atoms with E-state index in [0.29, 0.717) is 0 Å². The minimum absolute atomic E-state index is 0.0258. The zero-order chi connectivity index (χ0) is 14.5. The second-order valence-corrected chi connectivity index (χ2v) is 4.40. The van der Waals surface area contributed by atoms with Crippen LogP contribution in [0.3, 0.4) is 0 Å². The summed E-state index contributed by atoms with van der Waals surface area (Å²) in [5.74, 6) is -1.83. The molecule has 0 bridgehead atoms. The Morgan fingerprint density at radius 1 is 1.20 bits per heavy atom. The molecule has 1 aromatic heterocycles. The number of carbonyl (C=O) groups excluding carboxylic acids is 1. The number of hydrogen-bond acceptors (Lipinski definition) is 1. The van der Waals surface area contributed by atoms with Crippen molar-refractivity contribution in [1.29, 1.82) is 0 Å². The summed E-state index contributed by atoms with van der Waals surface area (Å²) in [5, 5.41) is 2.41. The number of rotatable bonds is 4. The molecule has 0 aliphatic rings. The molecular formula is C15H15F2N2O+. The summed E-state index contributed by atoms with van der Waals surface area (Å²) in [6.07, 6.45) is 4.51. The fourth-order valence-corrected chi connectivity index (χ4v) is 1.78. The Morgan fingerprint density at radius 2 is 1.90 bits per heavy atom. The molecule has 0 aliphatic carbocycles. The number of aryl methyl sites for hydroxylation is 1. The molecule has 2 aromatic rings. The fourth-order valence-electron chi connectivity index (χ4n) is 1.78. The lowest BCUT2D eigenvalue weighted by atomic mass is 10.2. The number of nitrogens with one attached hydrogen (secondary N) is 1. The van der Waals surface area contributed by atoms with Gasteiger partial charge in [-0.05, 0) is 24.1 Å². The van der Waals surface area contributed by atoms with Crippen LogP contribution in [0, 0.1) is 11.6 Å². The maximum atomic E-state index is 13.4. The van der Waals surface area contributed by atoms with Gasteiger partial charge in [-0.25, -0.2) is 8.78 Å². The van der Waals surface area contributed by atoms with Gasteiger partial charge < -0.3 is 5.32 Å². The number of anilines is 1. The van der Waals surface area contributed by atoms with E-state index in [1.54, 1.807) is 17.0 Å². The number of carbonyl (C=O) groups is 1. The van der Waals surface area contributed by atoms with Crippen LogP contribution in [-0.2, 0) is 17.8 Å². The number of pyridine rings is 1. The van der Waals surface area contributed by atoms with E-state index in [1.165, 1.54) is 11.6 Å². The molecule has 0 saturated heterocycles. The van der Waals surface area contributed by atoms with Crippen molar-refractivity contribution in [2.75, 3.05) is 5.32 Å². The Bertz CT molecular complexity index is 612. The van der Waals surface area contributed by atoms with Crippen LogP contribution in [0.15, 0.2) is 42.7 Å². The number of amides is 1. The van der Waals surface area contributed by atoms with Gasteiger partial charge >= 0.3 is 0 Å². The first-order chi connectivity index (χ1) is 9.58. The van der Waals surface area contributed by atoms with Gasteiger partial charge in [0.05, 0.1) is 5.69 Å². The Morgan fingerprint density at radius 3 is 2.50 bits per heavy atom. The summed E-state index contributed by atoms with van der Waals surface area (Å²) in [5.41, 5.74) is 1.15. The second-order valence-electron chi connectivity index (χ2n) is 4.40. The minimum Gasteiger partial charge on any atom is -0.318 e. The largest absolute Gasteiger partial charge is 0.318 e. The zero-order valence-corrected chi connectivity index (χ0v) is 11.1. The van der Waals surface area contributed by atoms with Crippen molar-refractivity contribution >= 4 is 11.6 Å². The lowest BCUT2D eigenvalue weighted by Gasteiger charge is -2.04. The molecule has 0 atom stereocenters. The third-order valence-corrected chi connectivity index (χ3v) is 2.90. The Hall–Kier alpha value is -2.30. The summed E-state index contributed by atoms with van der Waals surface area (Å²) in [4.78, 5) is 11.8. The van der Waals surface area contributed by atoms with E-state index < -0.39 is 11.6 Å². The lowest BCUT2D eigenvalue weighted by molar-refractivity contribution is -0.684. The summed E-state index contributed by atoms with van der Waals surface area (Å²) >= 11 is 0. The fraction of sp³-hybridized carbons (Fsp3) is 0.200. The number of hydrogen-bond donors (Lipinski definition) is 1. The van der Waals surface area contributed by atoms with Gasteiger partial charge in [-0.15, -0.1) is 0 Å². The maximum Gasteiger partial charge on any atom is 0.290 e. The van der Waals surface area contributed by atoms with Gasteiger partial charge in [-0.1, -0.05) is 6.92 Å². The third-order valence-electron chi connectivity index (χ3n) is 2.90. The van der Waals surface area contributed by atoms with Gasteiger partial charge in [0.25, 0.3) is 5.91 Å². The minimum atomic E-state index is -0.787. The quantitative estimate of drug-likeness (QED) is 0.856. The second kappa shape index (κ2) is 6.23. The van der Waals surface area contributed by atoms with Crippen molar-refractivity contribution in [2.24, 2.45) is 0 Å². The number of benzene rings is 1. The molecule has 0 radical (unpaired) electrons. The molecule has 0 spiro atoms. The normalized spacial score (nSPS) is 10.3. The SMILES string of the molecule is CCc1cc[n+](CC(=O)Nc2ccc(F)cc2F)cc1. The highest BCUT2D eigenvalue weighted by atomic mass is 19.1. The smallest absolute Gasteiger partial charge is 0.290 e. The highest BCUT2D eigenvalue weighted by Gasteiger charge is 2.12. The van der Waals surface area contributed by atoms with E-state index in [1.807, 2.05) is 19.1 Å². The topological polar surface area (TPSA) is 33.0 Å². The Labute approximate surface area is 115 Å². The molecule has 0 fully saturated rings. The highest BCUT2D eigenvalue weighted by Crippen LogP contribution is 2.14. The Kier molecular flexibility index (Phi) is 4.40. The molecule has 1 heterocycles. The number of halogens is 2. The third kappa shape index (κ3) is 3.60. The predicted molar refractivity (Wildman–Crippen MR) is 71.0 cm³/mol. The van der Waals surface area contributed by atoms with Gasteiger partial charge in [0.1, 0.15) is 11.6 Å². The molecule has 1 N–H and O–H groups in total. The van der Waals surface area contributed by atoms with Crippen molar-refractivity contribution in [3.63, 3.8) is 0 Å². The standard InChI is InChI=1S/C15H14F2N2O/c1-2-11-5-7-19(8-6-11)10-15(20)18-14-4-3-12(16)9-13(14)17/h3-9H,2,10H2,1H3/p+1. The van der Waals surface area contributed by atoms with Crippen molar-refractivity contribution in [3.8, 4) is 0 Å². The molecule has 1 aromatic carbocycles. The van der Waals surface area contributed by atoms with Crippen LogP contribution in [0.5, 0.6) is 0 Å². The van der Waals surface area contributed by atoms with Crippen molar-refractivity contribution in [2.45, 2.75) is 19.9 Å². The lowest BCUT2D eigenvalue weighted by Crippen LogP contribution is -2.39. The monoisotopic (exact) mass is 277 g/mol. The van der Waals surface area contributed by atoms with E-state index in [-0.39, 0.29) is 18.1 Å². The molecule has 1 amide bonds. The van der Waals surface area contributed by atoms with Gasteiger partial charge in [0.2, 0.25) is 6.54 Å². The molecule has 3 nitrogen and oxygen atoms in total. The zero-order valence-electron chi connectivity index (χ0n) is 11.1. The summed E-state index contributed by atoms with van der Waals surface area (Å²) in [6.45, 7) is 2.12. The molecule has 0 saturated carbocycles. The van der Waals surface area contributed by atoms with Crippen molar-refractivity contribution in [3.05, 3.63) is 59.9 Å². The van der Waals surface area contributed by atoms with Crippen molar-refractivity contribution in [1.82, 2.24) is 0 Å². The van der Waals surface area contributed by atoms with Crippen LogP contribution in [0.4, 0.5) is 14.5 Å². The molecule has 0 unspecified atom stereocenters. The molecule has 5 heteroatoms. The first kappa shape index (κ1) is 14.1. The predicted octanol–water partition coefficient (Wildman–Crippen LogP) is 2.45. The average Bonchev–Trinajstić information content (AvgIpc) is 2.43. The summed E-state index contributed by atoms with van der Waals surface area (Å²) < 4.78 is 27.8. The number of aromatic nitrogens is 1. The van der Waals surface area contributed by atoms with Gasteiger partial charge in [0.15, 0.2) is 12.4 Å². The molecule has 2 rings (SSSR count). The Balaban J connectivity index is 2.01. The first-order valence-electron chi connectivity index (χ1n) is 6.31. The van der Waals surface area contributed by atoms with E-state index >= 15 is 0 Å². The van der Waals surface area contributed by atoms with Gasteiger partial charge in [-0.2, -0.15) is 4.57 Å². The van der Waals surface area contributed by atoms with E-state index in [0.717, 1.165) is 18.6 Å². The van der Waals surface area contributed by atoms with Crippen LogP contribution < -0.4 is 9.88 Å². The number of nitrogens with zero attached hydrogens (tertiary/aromatic N) is 1. The molecule has 104 valence electrons. The molecular weight excluding hydrogens is 262 g/mol. The summed E-state index contributed by atoms with van der Waals surface area (Å²) in [6, 6.07) is 6.88. The van der Waals surface area contributed by atoms with E-state index in [9.17, 15) is 13.6 Å². The summed E-state index contributed by atoms with van der Waals surface area (Å²) in [7, 11) is 0. The molecule has 20 heavy (non-hydrogen) atoms. The van der Waals surface area contributed by atoms with Crippen LogP contribution in [0.1, 0.15) is 12.5 Å². The first-order valence-corrected chi connectivity index (χ1v) is 6.31. The van der Waals surface area contributed by atoms with Gasteiger partial charge in [0, 0.05) is 18.2 Å². The van der Waals surface area contributed by atoms with E-state index in [4.69, 9.17) is 0 Å². The maximum absolute atomic E-state index is 13.4. The van der Waals surface area contributed by atoms with E-state index in [2.05, 4.69) is 5.32 Å². The molecule has 0 aliphatic heterocycles. The van der Waals surface area contributed by atoms with Crippen molar-refractivity contribution < 1.29 is 18.1 Å². The van der Waals surface area contributed by atoms with Gasteiger partial charge in [-0.3, -0.25) is 4.79 Å². The van der Waals surface area contributed by atoms with Crippen LogP contribution in [0.25, 0.3) is 0 Å². The van der Waals surface area contributed by atoms with Crippen LogP contribution in [0.2, 0.25) is 0 Å². The highest BCUT2D eigenvalue weighted by molar-refractivity contribution is 5.89. The average molecular weight is 277 g/mol. The van der Waals surface area contributed by atoms with Crippen LogP contribution >= 0.6 is 0 Å². The van der Waals surface area contributed by atoms with Crippen LogP contribution in [-0.4, -0.2) is 5.91 Å².